The third kappa shape index (κ3) is 5.42. The minimum atomic E-state index is -0.963. The molecule has 2 aromatic heterocycles. The number of aryl methyl sites for hydroxylation is 2. The van der Waals surface area contributed by atoms with Gasteiger partial charge < -0.3 is 15.2 Å². The van der Waals surface area contributed by atoms with Crippen molar-refractivity contribution in [3.05, 3.63) is 46.5 Å². The fourth-order valence-electron chi connectivity index (χ4n) is 2.45. The largest absolute Gasteiger partial charge is 0.360 e. The van der Waals surface area contributed by atoms with E-state index < -0.39 is 16.9 Å². The quantitative estimate of drug-likeness (QED) is 0.552. The number of hydrogen-bond donors (Lipinski definition) is 2. The lowest BCUT2D eigenvalue weighted by molar-refractivity contribution is -0.115. The first-order valence-corrected chi connectivity index (χ1v) is 10.7. The number of carbonyl (C=O) groups is 2. The number of anilines is 2. The Hall–Kier alpha value is -2.79. The van der Waals surface area contributed by atoms with Crippen LogP contribution in [-0.2, 0) is 9.59 Å². The first kappa shape index (κ1) is 21.9. The van der Waals surface area contributed by atoms with Crippen molar-refractivity contribution in [1.29, 1.82) is 0 Å². The Labute approximate surface area is 179 Å². The Balaban J connectivity index is 1.54. The van der Waals surface area contributed by atoms with Gasteiger partial charge in [0.25, 0.3) is 0 Å². The Morgan fingerprint density at radius 2 is 1.97 bits per heavy atom. The van der Waals surface area contributed by atoms with E-state index in [1.54, 1.807) is 26.8 Å². The SMILES string of the molecule is Cc1cc(NC(=O)C(C)SCC(=O)Nc2nc(-c3ccc(F)c(F)c3)c(C)s2)no1. The van der Waals surface area contributed by atoms with Crippen LogP contribution in [-0.4, -0.2) is 33.0 Å². The molecule has 2 heterocycles. The minimum Gasteiger partial charge on any atom is -0.360 e. The molecular weight excluding hydrogens is 434 g/mol. The summed E-state index contributed by atoms with van der Waals surface area (Å²) in [5, 5.41) is 8.81. The number of thioether (sulfide) groups is 1. The molecular formula is C19H18F2N4O3S2. The van der Waals surface area contributed by atoms with Crippen LogP contribution in [0.4, 0.5) is 19.7 Å². The lowest BCUT2D eigenvalue weighted by Crippen LogP contribution is -2.25. The van der Waals surface area contributed by atoms with Gasteiger partial charge in [-0.05, 0) is 39.0 Å². The lowest BCUT2D eigenvalue weighted by atomic mass is 10.1. The maximum Gasteiger partial charge on any atom is 0.238 e. The van der Waals surface area contributed by atoms with Crippen molar-refractivity contribution in [2.75, 3.05) is 16.4 Å². The van der Waals surface area contributed by atoms with Gasteiger partial charge in [0.15, 0.2) is 22.6 Å². The molecule has 2 N–H and O–H groups in total. The van der Waals surface area contributed by atoms with Crippen molar-refractivity contribution in [3.8, 4) is 11.3 Å². The van der Waals surface area contributed by atoms with Crippen LogP contribution in [0.15, 0.2) is 28.8 Å². The highest BCUT2D eigenvalue weighted by Crippen LogP contribution is 2.31. The van der Waals surface area contributed by atoms with Gasteiger partial charge in [-0.2, -0.15) is 0 Å². The molecule has 3 rings (SSSR count). The van der Waals surface area contributed by atoms with Gasteiger partial charge in [0.2, 0.25) is 11.8 Å². The summed E-state index contributed by atoms with van der Waals surface area (Å²) in [6.07, 6.45) is 0. The summed E-state index contributed by atoms with van der Waals surface area (Å²) in [6, 6.07) is 5.12. The Kier molecular flexibility index (Phi) is 6.83. The molecule has 0 aliphatic heterocycles. The number of thiazole rings is 1. The van der Waals surface area contributed by atoms with Crippen LogP contribution in [0.25, 0.3) is 11.3 Å². The average molecular weight is 453 g/mol. The number of benzene rings is 1. The predicted octanol–water partition coefficient (Wildman–Crippen LogP) is 4.39. The van der Waals surface area contributed by atoms with Crippen LogP contribution in [0.1, 0.15) is 17.6 Å². The third-order valence-electron chi connectivity index (χ3n) is 3.95. The van der Waals surface area contributed by atoms with Crippen molar-refractivity contribution < 1.29 is 22.9 Å². The Morgan fingerprint density at radius 3 is 2.63 bits per heavy atom. The van der Waals surface area contributed by atoms with Gasteiger partial charge in [-0.15, -0.1) is 23.1 Å². The molecule has 0 bridgehead atoms. The van der Waals surface area contributed by atoms with Crippen molar-refractivity contribution in [1.82, 2.24) is 10.1 Å². The zero-order valence-electron chi connectivity index (χ0n) is 16.3. The van der Waals surface area contributed by atoms with Gasteiger partial charge >= 0.3 is 0 Å². The standard InChI is InChI=1S/C19H18F2N4O3S2/c1-9-6-15(25-28-9)22-18(27)11(3)29-8-16(26)23-19-24-17(10(2)30-19)12-4-5-13(20)14(21)7-12/h4-7,11H,8H2,1-3H3,(H,22,25,27)(H,23,24,26). The van der Waals surface area contributed by atoms with E-state index in [1.165, 1.54) is 17.4 Å². The maximum absolute atomic E-state index is 13.5. The molecule has 1 atom stereocenters. The van der Waals surface area contributed by atoms with E-state index in [0.717, 1.165) is 28.8 Å². The molecule has 158 valence electrons. The molecule has 0 fully saturated rings. The van der Waals surface area contributed by atoms with Crippen LogP contribution in [0.3, 0.4) is 0 Å². The Morgan fingerprint density at radius 1 is 1.20 bits per heavy atom. The number of hydrogen-bond acceptors (Lipinski definition) is 7. The van der Waals surface area contributed by atoms with Gasteiger partial charge in [0.05, 0.1) is 16.7 Å². The molecule has 30 heavy (non-hydrogen) atoms. The number of nitrogens with one attached hydrogen (secondary N) is 2. The average Bonchev–Trinajstić information content (AvgIpc) is 3.26. The van der Waals surface area contributed by atoms with Crippen molar-refractivity contribution in [3.63, 3.8) is 0 Å². The van der Waals surface area contributed by atoms with Crippen LogP contribution in [0.2, 0.25) is 0 Å². The second kappa shape index (κ2) is 9.35. The molecule has 2 amide bonds. The fourth-order valence-corrected chi connectivity index (χ4v) is 3.98. The van der Waals surface area contributed by atoms with Gasteiger partial charge in [0, 0.05) is 16.5 Å². The number of halogens is 2. The summed E-state index contributed by atoms with van der Waals surface area (Å²) in [7, 11) is 0. The molecule has 11 heteroatoms. The summed E-state index contributed by atoms with van der Waals surface area (Å²) in [6.45, 7) is 5.16. The minimum absolute atomic E-state index is 0.0333. The van der Waals surface area contributed by atoms with Gasteiger partial charge in [-0.1, -0.05) is 5.16 Å². The maximum atomic E-state index is 13.5. The number of amides is 2. The smallest absolute Gasteiger partial charge is 0.238 e. The molecule has 0 saturated heterocycles. The van der Waals surface area contributed by atoms with E-state index in [4.69, 9.17) is 4.52 Å². The second-order valence-corrected chi connectivity index (χ2v) is 8.90. The molecule has 0 saturated carbocycles. The van der Waals surface area contributed by atoms with Crippen molar-refractivity contribution in [2.45, 2.75) is 26.0 Å². The van der Waals surface area contributed by atoms with E-state index in [2.05, 4.69) is 20.8 Å². The normalized spacial score (nSPS) is 11.9. The van der Waals surface area contributed by atoms with E-state index in [1.807, 2.05) is 0 Å². The molecule has 0 radical (unpaired) electrons. The molecule has 7 nitrogen and oxygen atoms in total. The van der Waals surface area contributed by atoms with E-state index in [0.29, 0.717) is 28.0 Å². The highest BCUT2D eigenvalue weighted by molar-refractivity contribution is 8.01. The van der Waals surface area contributed by atoms with Crippen LogP contribution < -0.4 is 10.6 Å². The van der Waals surface area contributed by atoms with Gasteiger partial charge in [-0.25, -0.2) is 13.8 Å². The number of rotatable bonds is 7. The zero-order chi connectivity index (χ0) is 21.8. The second-order valence-electron chi connectivity index (χ2n) is 6.37. The Bertz CT molecular complexity index is 1080. The summed E-state index contributed by atoms with van der Waals surface area (Å²) >= 11 is 2.38. The fraction of sp³-hybridized carbons (Fsp3) is 0.263. The molecule has 0 aliphatic rings. The summed E-state index contributed by atoms with van der Waals surface area (Å²) in [5.74, 6) is -1.60. The first-order valence-electron chi connectivity index (χ1n) is 8.81. The topological polar surface area (TPSA) is 97.1 Å². The number of aromatic nitrogens is 2. The summed E-state index contributed by atoms with van der Waals surface area (Å²) in [5.41, 5.74) is 0.892. The predicted molar refractivity (Wildman–Crippen MR) is 113 cm³/mol. The molecule has 0 aliphatic carbocycles. The van der Waals surface area contributed by atoms with Crippen LogP contribution >= 0.6 is 23.1 Å². The molecule has 1 unspecified atom stereocenters. The van der Waals surface area contributed by atoms with Crippen molar-refractivity contribution in [2.24, 2.45) is 0 Å². The summed E-state index contributed by atoms with van der Waals surface area (Å²) < 4.78 is 31.5. The highest BCUT2D eigenvalue weighted by atomic mass is 32.2. The third-order valence-corrected chi connectivity index (χ3v) is 5.98. The van der Waals surface area contributed by atoms with Crippen molar-refractivity contribution >= 4 is 45.9 Å². The van der Waals surface area contributed by atoms with E-state index in [9.17, 15) is 18.4 Å². The lowest BCUT2D eigenvalue weighted by Gasteiger charge is -2.09. The molecule has 0 spiro atoms. The van der Waals surface area contributed by atoms with E-state index in [-0.39, 0.29) is 17.6 Å². The van der Waals surface area contributed by atoms with Gasteiger partial charge in [-0.3, -0.25) is 9.59 Å². The number of nitrogens with zero attached hydrogens (tertiary/aromatic N) is 2. The van der Waals surface area contributed by atoms with Gasteiger partial charge in [0.1, 0.15) is 5.76 Å². The monoisotopic (exact) mass is 452 g/mol. The zero-order valence-corrected chi connectivity index (χ0v) is 17.9. The van der Waals surface area contributed by atoms with Crippen LogP contribution in [0, 0.1) is 25.5 Å². The molecule has 3 aromatic rings. The van der Waals surface area contributed by atoms with Crippen LogP contribution in [0.5, 0.6) is 0 Å². The number of carbonyl (C=O) groups excluding carboxylic acids is 2. The highest BCUT2D eigenvalue weighted by Gasteiger charge is 2.18. The molecule has 1 aromatic carbocycles. The summed E-state index contributed by atoms with van der Waals surface area (Å²) in [4.78, 5) is 29.4. The first-order chi connectivity index (χ1) is 14.2. The van der Waals surface area contributed by atoms with E-state index >= 15 is 0 Å².